The lowest BCUT2D eigenvalue weighted by molar-refractivity contribution is -0.140. The van der Waals surface area contributed by atoms with Crippen molar-refractivity contribution in [1.29, 1.82) is 0 Å². The molecular formula is C16H13F4N7O3. The van der Waals surface area contributed by atoms with Crippen molar-refractivity contribution in [2.75, 3.05) is 0 Å². The summed E-state index contributed by atoms with van der Waals surface area (Å²) in [6.45, 7) is -0.910. The number of hydrogen-bond donors (Lipinski definition) is 0. The van der Waals surface area contributed by atoms with Crippen LogP contribution in [0, 0.1) is 5.82 Å². The third-order valence-corrected chi connectivity index (χ3v) is 4.21. The van der Waals surface area contributed by atoms with E-state index in [2.05, 4.69) is 20.6 Å². The lowest BCUT2D eigenvalue weighted by atomic mass is 10.1. The zero-order valence-electron chi connectivity index (χ0n) is 15.5. The Kier molecular flexibility index (Phi) is 5.33. The highest BCUT2D eigenvalue weighted by atomic mass is 19.4. The number of aromatic nitrogens is 7. The largest absolute Gasteiger partial charge is 0.419 e. The molecule has 0 radical (unpaired) electrons. The summed E-state index contributed by atoms with van der Waals surface area (Å²) in [5.74, 6) is -2.30. The zero-order chi connectivity index (χ0) is 22.2. The first-order valence-electron chi connectivity index (χ1n) is 8.28. The first-order chi connectivity index (χ1) is 14.0. The van der Waals surface area contributed by atoms with Crippen molar-refractivity contribution in [2.24, 2.45) is 14.1 Å². The maximum Gasteiger partial charge on any atom is 0.419 e. The third kappa shape index (κ3) is 3.88. The summed E-state index contributed by atoms with van der Waals surface area (Å²) in [6, 6.07) is 2.57. The van der Waals surface area contributed by atoms with Crippen LogP contribution in [0.2, 0.25) is 0 Å². The van der Waals surface area contributed by atoms with Gasteiger partial charge in [-0.2, -0.15) is 18.3 Å². The summed E-state index contributed by atoms with van der Waals surface area (Å²) in [7, 11) is 2.58. The van der Waals surface area contributed by atoms with Gasteiger partial charge in [-0.25, -0.2) is 18.5 Å². The maximum absolute atomic E-state index is 13.8. The van der Waals surface area contributed by atoms with E-state index in [-0.39, 0.29) is 5.82 Å². The van der Waals surface area contributed by atoms with Crippen LogP contribution in [0.5, 0.6) is 0 Å². The second-order valence-electron chi connectivity index (χ2n) is 6.24. The van der Waals surface area contributed by atoms with Crippen LogP contribution < -0.4 is 11.2 Å². The smallest absolute Gasteiger partial charge is 0.292 e. The molecule has 0 saturated carbocycles. The molecule has 0 spiro atoms. The predicted molar refractivity (Wildman–Crippen MR) is 91.1 cm³/mol. The molecule has 0 aliphatic rings. The fourth-order valence-electron chi connectivity index (χ4n) is 2.75. The second-order valence-corrected chi connectivity index (χ2v) is 6.24. The van der Waals surface area contributed by atoms with E-state index in [0.29, 0.717) is 15.3 Å². The number of Topliss-reactive ketones (excluding diaryl/α,β-unsaturated/α-hetero) is 1. The van der Waals surface area contributed by atoms with E-state index >= 15 is 0 Å². The first kappa shape index (κ1) is 21.0. The van der Waals surface area contributed by atoms with Crippen molar-refractivity contribution in [3.63, 3.8) is 0 Å². The molecule has 3 rings (SSSR count). The number of benzene rings is 1. The summed E-state index contributed by atoms with van der Waals surface area (Å²) in [6.07, 6.45) is -5.49. The van der Waals surface area contributed by atoms with Gasteiger partial charge in [0.15, 0.2) is 17.3 Å². The van der Waals surface area contributed by atoms with E-state index in [0.717, 1.165) is 19.2 Å². The summed E-state index contributed by atoms with van der Waals surface area (Å²) < 4.78 is 55.8. The van der Waals surface area contributed by atoms with Gasteiger partial charge in [0.05, 0.1) is 18.5 Å². The van der Waals surface area contributed by atoms with Gasteiger partial charge < -0.3 is 0 Å². The van der Waals surface area contributed by atoms with Crippen LogP contribution in [-0.4, -0.2) is 40.3 Å². The minimum atomic E-state index is -5.06. The van der Waals surface area contributed by atoms with Crippen molar-refractivity contribution in [2.45, 2.75) is 19.1 Å². The fraction of sp³-hybridized carbons (Fsp3) is 0.312. The second kappa shape index (κ2) is 7.61. The number of hydrogen-bond acceptors (Lipinski definition) is 7. The Hall–Kier alpha value is -3.71. The molecule has 0 aliphatic heterocycles. The molecule has 14 heteroatoms. The minimum Gasteiger partial charge on any atom is -0.292 e. The quantitative estimate of drug-likeness (QED) is 0.419. The molecule has 2 heterocycles. The van der Waals surface area contributed by atoms with Crippen LogP contribution in [0.25, 0.3) is 0 Å². The molecule has 158 valence electrons. The number of halogens is 4. The van der Waals surface area contributed by atoms with Crippen molar-refractivity contribution in [1.82, 2.24) is 34.6 Å². The Morgan fingerprint density at radius 2 is 1.83 bits per heavy atom. The molecule has 0 amide bonds. The molecule has 0 fully saturated rings. The molecule has 0 aliphatic carbocycles. The fourth-order valence-corrected chi connectivity index (χ4v) is 2.75. The number of rotatable bonds is 5. The van der Waals surface area contributed by atoms with E-state index in [4.69, 9.17) is 0 Å². The van der Waals surface area contributed by atoms with Crippen molar-refractivity contribution in [3.05, 3.63) is 67.5 Å². The maximum atomic E-state index is 13.8. The summed E-state index contributed by atoms with van der Waals surface area (Å²) >= 11 is 0. The Balaban J connectivity index is 2.09. The highest BCUT2D eigenvalue weighted by Crippen LogP contribution is 2.34. The summed E-state index contributed by atoms with van der Waals surface area (Å²) in [5.41, 5.74) is -5.23. The number of alkyl halides is 3. The van der Waals surface area contributed by atoms with Gasteiger partial charge in [-0.15, -0.1) is 5.10 Å². The van der Waals surface area contributed by atoms with Gasteiger partial charge in [0.25, 0.3) is 5.56 Å². The van der Waals surface area contributed by atoms with Crippen LogP contribution in [0.4, 0.5) is 17.6 Å². The van der Waals surface area contributed by atoms with Crippen molar-refractivity contribution < 1.29 is 22.4 Å². The molecule has 0 N–H and O–H groups in total. The molecule has 2 aromatic heterocycles. The molecule has 30 heavy (non-hydrogen) atoms. The Morgan fingerprint density at radius 3 is 2.43 bits per heavy atom. The average Bonchev–Trinajstić information content (AvgIpc) is 3.05. The van der Waals surface area contributed by atoms with E-state index in [1.54, 1.807) is 0 Å². The Labute approximate surface area is 164 Å². The van der Waals surface area contributed by atoms with E-state index in [9.17, 15) is 31.9 Å². The monoisotopic (exact) mass is 427 g/mol. The SMILES string of the molecule is Cn1nnnc1CC(=O)c1nn(C)c(=O)n(Cc2cccc(F)c2C(F)(F)F)c1=O. The van der Waals surface area contributed by atoms with Crippen LogP contribution in [0.15, 0.2) is 27.8 Å². The van der Waals surface area contributed by atoms with Crippen LogP contribution >= 0.6 is 0 Å². The lowest BCUT2D eigenvalue weighted by Crippen LogP contribution is -2.44. The molecule has 1 aromatic carbocycles. The average molecular weight is 427 g/mol. The number of carbonyl (C=O) groups is 1. The predicted octanol–water partition coefficient (Wildman–Crippen LogP) is 0.0971. The Morgan fingerprint density at radius 1 is 1.13 bits per heavy atom. The Bertz CT molecular complexity index is 1240. The number of tetrazole rings is 1. The highest BCUT2D eigenvalue weighted by molar-refractivity contribution is 5.94. The van der Waals surface area contributed by atoms with Crippen LogP contribution in [-0.2, 0) is 33.2 Å². The van der Waals surface area contributed by atoms with Gasteiger partial charge in [0, 0.05) is 14.1 Å². The minimum absolute atomic E-state index is 0.103. The number of carbonyl (C=O) groups excluding carboxylic acids is 1. The summed E-state index contributed by atoms with van der Waals surface area (Å²) in [5, 5.41) is 14.1. The molecular weight excluding hydrogens is 414 g/mol. The zero-order valence-corrected chi connectivity index (χ0v) is 15.5. The molecule has 0 unspecified atom stereocenters. The van der Waals surface area contributed by atoms with Gasteiger partial charge >= 0.3 is 11.9 Å². The van der Waals surface area contributed by atoms with Crippen molar-refractivity contribution >= 4 is 5.78 Å². The normalized spacial score (nSPS) is 11.7. The lowest BCUT2D eigenvalue weighted by Gasteiger charge is -2.15. The number of aryl methyl sites for hydroxylation is 2. The van der Waals surface area contributed by atoms with E-state index < -0.39 is 58.8 Å². The molecule has 0 saturated heterocycles. The van der Waals surface area contributed by atoms with E-state index in [1.165, 1.54) is 11.7 Å². The van der Waals surface area contributed by atoms with Gasteiger partial charge in [-0.1, -0.05) is 12.1 Å². The van der Waals surface area contributed by atoms with Crippen molar-refractivity contribution in [3.8, 4) is 0 Å². The number of ketones is 1. The first-order valence-corrected chi connectivity index (χ1v) is 8.28. The summed E-state index contributed by atoms with van der Waals surface area (Å²) in [4.78, 5) is 37.5. The standard InChI is InChI=1S/C16H13F4N7O3/c1-25-11(21-23-24-25)6-10(28)13-14(29)27(15(30)26(2)22-13)7-8-4-3-5-9(17)12(8)16(18,19)20/h3-5H,6-7H2,1-2H3. The molecule has 3 aromatic rings. The molecule has 0 atom stereocenters. The molecule has 0 bridgehead atoms. The van der Waals surface area contributed by atoms with Crippen LogP contribution in [0.3, 0.4) is 0 Å². The topological polar surface area (TPSA) is 118 Å². The third-order valence-electron chi connectivity index (χ3n) is 4.21. The van der Waals surface area contributed by atoms with Gasteiger partial charge in [0.2, 0.25) is 0 Å². The van der Waals surface area contributed by atoms with Gasteiger partial charge in [0.1, 0.15) is 5.82 Å². The van der Waals surface area contributed by atoms with Gasteiger partial charge in [-0.05, 0) is 22.1 Å². The van der Waals surface area contributed by atoms with Gasteiger partial charge in [-0.3, -0.25) is 14.2 Å². The van der Waals surface area contributed by atoms with E-state index in [1.807, 2.05) is 0 Å². The molecule has 10 nitrogen and oxygen atoms in total. The van der Waals surface area contributed by atoms with Crippen LogP contribution in [0.1, 0.15) is 27.4 Å². The number of nitrogens with zero attached hydrogens (tertiary/aromatic N) is 7. The highest BCUT2D eigenvalue weighted by Gasteiger charge is 2.37.